The van der Waals surface area contributed by atoms with E-state index >= 15 is 0 Å². The zero-order valence-corrected chi connectivity index (χ0v) is 25.0. The second-order valence-electron chi connectivity index (χ2n) is 11.0. The van der Waals surface area contributed by atoms with Gasteiger partial charge in [0.2, 0.25) is 11.8 Å². The molecule has 0 saturated heterocycles. The highest BCUT2D eigenvalue weighted by Crippen LogP contribution is 2.31. The quantitative estimate of drug-likeness (QED) is 0.176. The molecule has 1 aliphatic heterocycles. The molecule has 0 fully saturated rings. The maximum Gasteiger partial charge on any atom is 0.243 e. The lowest BCUT2D eigenvalue weighted by molar-refractivity contribution is -0.129. The molecule has 44 heavy (non-hydrogen) atoms. The normalized spacial score (nSPS) is 14.3. The molecule has 9 heteroatoms. The van der Waals surface area contributed by atoms with E-state index in [0.29, 0.717) is 25.3 Å². The Labute approximate surface area is 256 Å². The molecule has 3 aromatic carbocycles. The highest BCUT2D eigenvalue weighted by atomic mass is 16.5. The highest BCUT2D eigenvalue weighted by Gasteiger charge is 2.25. The average Bonchev–Trinajstić information content (AvgIpc) is 3.67. The van der Waals surface area contributed by atoms with Crippen molar-refractivity contribution in [2.24, 2.45) is 0 Å². The summed E-state index contributed by atoms with van der Waals surface area (Å²) in [6.45, 7) is 1.88. The van der Waals surface area contributed by atoms with Gasteiger partial charge in [0.05, 0.1) is 20.8 Å². The standard InChI is InChI=1S/C35H37N5O4/c1-43-26-11-12-31-28(18-26)29(21-37-31)23-13-15-40(16-14-23)22-34(41)39-32(17-25-20-36-30-9-5-4-8-27(25)30)35(42)38-19-24-7-3-6-10-33(24)44-2/h3-13,18,20-21,32,36-37H,14-17,19,22H2,1-2H3,(H,38,42)(H,39,41)/t32-/m1/s1. The van der Waals surface area contributed by atoms with E-state index in [1.807, 2.05) is 73.1 Å². The van der Waals surface area contributed by atoms with Crippen LogP contribution in [0.25, 0.3) is 27.4 Å². The van der Waals surface area contributed by atoms with Gasteiger partial charge in [-0.05, 0) is 47.9 Å². The van der Waals surface area contributed by atoms with Crippen molar-refractivity contribution in [2.75, 3.05) is 33.9 Å². The van der Waals surface area contributed by atoms with Crippen molar-refractivity contribution < 1.29 is 19.1 Å². The number of benzene rings is 3. The van der Waals surface area contributed by atoms with E-state index in [1.54, 1.807) is 14.2 Å². The van der Waals surface area contributed by atoms with Crippen LogP contribution >= 0.6 is 0 Å². The molecule has 9 nitrogen and oxygen atoms in total. The molecule has 0 radical (unpaired) electrons. The molecule has 0 bridgehead atoms. The Hall–Kier alpha value is -5.02. The first-order valence-corrected chi connectivity index (χ1v) is 14.8. The van der Waals surface area contributed by atoms with Gasteiger partial charge in [-0.3, -0.25) is 14.5 Å². The van der Waals surface area contributed by atoms with Gasteiger partial charge in [-0.15, -0.1) is 0 Å². The number of nitrogens with zero attached hydrogens (tertiary/aromatic N) is 1. The Kier molecular flexibility index (Phi) is 8.65. The van der Waals surface area contributed by atoms with Crippen molar-refractivity contribution in [3.05, 3.63) is 102 Å². The fourth-order valence-electron chi connectivity index (χ4n) is 5.92. The largest absolute Gasteiger partial charge is 0.497 e. The highest BCUT2D eigenvalue weighted by molar-refractivity contribution is 5.94. The summed E-state index contributed by atoms with van der Waals surface area (Å²) in [5.74, 6) is 1.09. The van der Waals surface area contributed by atoms with Crippen LogP contribution in [0.5, 0.6) is 11.5 Å². The molecule has 1 atom stereocenters. The molecule has 6 rings (SSSR count). The summed E-state index contributed by atoms with van der Waals surface area (Å²) in [4.78, 5) is 35.6. The summed E-state index contributed by atoms with van der Waals surface area (Å²) in [6.07, 6.45) is 7.31. The van der Waals surface area contributed by atoms with E-state index in [4.69, 9.17) is 9.47 Å². The van der Waals surface area contributed by atoms with Crippen LogP contribution in [0.2, 0.25) is 0 Å². The predicted molar refractivity (Wildman–Crippen MR) is 173 cm³/mol. The summed E-state index contributed by atoms with van der Waals surface area (Å²) in [6, 6.07) is 20.8. The lowest BCUT2D eigenvalue weighted by Crippen LogP contribution is -2.50. The fraction of sp³-hybridized carbons (Fsp3) is 0.257. The van der Waals surface area contributed by atoms with E-state index in [2.05, 4.69) is 37.6 Å². The number of fused-ring (bicyclic) bond motifs is 2. The maximum absolute atomic E-state index is 13.5. The first kappa shape index (κ1) is 29.1. The van der Waals surface area contributed by atoms with Crippen molar-refractivity contribution in [1.82, 2.24) is 25.5 Å². The van der Waals surface area contributed by atoms with Gasteiger partial charge < -0.3 is 30.1 Å². The Morgan fingerprint density at radius 2 is 1.70 bits per heavy atom. The van der Waals surface area contributed by atoms with E-state index in [1.165, 1.54) is 5.57 Å². The first-order chi connectivity index (χ1) is 21.5. The Bertz CT molecular complexity index is 1820. The van der Waals surface area contributed by atoms with Gasteiger partial charge >= 0.3 is 0 Å². The van der Waals surface area contributed by atoms with Gasteiger partial charge in [-0.1, -0.05) is 42.5 Å². The van der Waals surface area contributed by atoms with E-state index in [9.17, 15) is 9.59 Å². The molecule has 5 aromatic rings. The minimum Gasteiger partial charge on any atom is -0.497 e. The van der Waals surface area contributed by atoms with Crippen molar-refractivity contribution in [3.8, 4) is 11.5 Å². The number of rotatable bonds is 11. The molecule has 4 N–H and O–H groups in total. The van der Waals surface area contributed by atoms with Crippen LogP contribution in [0.4, 0.5) is 0 Å². The van der Waals surface area contributed by atoms with Crippen LogP contribution in [0.15, 0.2) is 85.2 Å². The third-order valence-corrected chi connectivity index (χ3v) is 8.29. The summed E-state index contributed by atoms with van der Waals surface area (Å²) in [5, 5.41) is 8.20. The van der Waals surface area contributed by atoms with Gasteiger partial charge in [-0.2, -0.15) is 0 Å². The van der Waals surface area contributed by atoms with E-state index in [0.717, 1.165) is 57.2 Å². The van der Waals surface area contributed by atoms with Gasteiger partial charge in [0.1, 0.15) is 17.5 Å². The van der Waals surface area contributed by atoms with Crippen LogP contribution in [0.1, 0.15) is 23.1 Å². The molecule has 3 heterocycles. The van der Waals surface area contributed by atoms with Crippen molar-refractivity contribution in [3.63, 3.8) is 0 Å². The van der Waals surface area contributed by atoms with Gasteiger partial charge in [0.25, 0.3) is 0 Å². The summed E-state index contributed by atoms with van der Waals surface area (Å²) in [5.41, 5.74) is 6.30. The van der Waals surface area contributed by atoms with Crippen molar-refractivity contribution in [1.29, 1.82) is 0 Å². The van der Waals surface area contributed by atoms with Crippen LogP contribution in [-0.2, 0) is 22.6 Å². The second-order valence-corrected chi connectivity index (χ2v) is 11.0. The van der Waals surface area contributed by atoms with Crippen molar-refractivity contribution >= 4 is 39.2 Å². The molecule has 1 aliphatic rings. The summed E-state index contributed by atoms with van der Waals surface area (Å²) in [7, 11) is 3.28. The number of para-hydroxylation sites is 2. The second kappa shape index (κ2) is 13.1. The SMILES string of the molecule is COc1ccc2[nH]cc(C3=CCN(CC(=O)N[C@H](Cc4c[nH]c5ccccc45)C(=O)NCc4ccccc4OC)CC3)c2c1. The number of methoxy groups -OCH3 is 2. The number of nitrogens with one attached hydrogen (secondary N) is 4. The van der Waals surface area contributed by atoms with Gasteiger partial charge in [0.15, 0.2) is 0 Å². The lowest BCUT2D eigenvalue weighted by atomic mass is 9.98. The average molecular weight is 592 g/mol. The topological polar surface area (TPSA) is 111 Å². The number of aromatic amines is 2. The third kappa shape index (κ3) is 6.33. The lowest BCUT2D eigenvalue weighted by Gasteiger charge is -2.27. The number of aromatic nitrogens is 2. The zero-order chi connectivity index (χ0) is 30.5. The minimum absolute atomic E-state index is 0.184. The molecule has 0 unspecified atom stereocenters. The molecule has 0 spiro atoms. The number of hydrogen-bond acceptors (Lipinski definition) is 5. The first-order valence-electron chi connectivity index (χ1n) is 14.8. The maximum atomic E-state index is 13.5. The molecular weight excluding hydrogens is 554 g/mol. The predicted octanol–water partition coefficient (Wildman–Crippen LogP) is 4.80. The Morgan fingerprint density at radius 1 is 0.909 bits per heavy atom. The number of ether oxygens (including phenoxy) is 2. The van der Waals surface area contributed by atoms with Crippen LogP contribution < -0.4 is 20.1 Å². The molecule has 0 saturated carbocycles. The third-order valence-electron chi connectivity index (χ3n) is 8.29. The number of amides is 2. The van der Waals surface area contributed by atoms with Crippen molar-refractivity contribution in [2.45, 2.75) is 25.4 Å². The van der Waals surface area contributed by atoms with Crippen LogP contribution in [0.3, 0.4) is 0 Å². The summed E-state index contributed by atoms with van der Waals surface area (Å²) >= 11 is 0. The Morgan fingerprint density at radius 3 is 2.52 bits per heavy atom. The number of carbonyl (C=O) groups excluding carboxylic acids is 2. The molecule has 2 aromatic heterocycles. The number of hydrogen-bond donors (Lipinski definition) is 4. The molecule has 0 aliphatic carbocycles. The number of carbonyl (C=O) groups is 2. The van der Waals surface area contributed by atoms with E-state index in [-0.39, 0.29) is 18.4 Å². The Balaban J connectivity index is 1.13. The zero-order valence-electron chi connectivity index (χ0n) is 25.0. The fourth-order valence-corrected chi connectivity index (χ4v) is 5.92. The summed E-state index contributed by atoms with van der Waals surface area (Å²) < 4.78 is 10.9. The van der Waals surface area contributed by atoms with Crippen LogP contribution in [-0.4, -0.2) is 66.6 Å². The monoisotopic (exact) mass is 591 g/mol. The molecule has 2 amide bonds. The van der Waals surface area contributed by atoms with Gasteiger partial charge in [0, 0.05) is 71.4 Å². The van der Waals surface area contributed by atoms with Gasteiger partial charge in [-0.25, -0.2) is 0 Å². The van der Waals surface area contributed by atoms with Crippen LogP contribution in [0, 0.1) is 0 Å². The molecule has 226 valence electrons. The number of H-pyrrole nitrogens is 2. The smallest absolute Gasteiger partial charge is 0.243 e. The minimum atomic E-state index is -0.742. The molecular formula is C35H37N5O4. The van der Waals surface area contributed by atoms with E-state index < -0.39 is 6.04 Å².